The molecule has 4 aliphatic heterocycles. The van der Waals surface area contributed by atoms with E-state index in [0.29, 0.717) is 66.8 Å². The van der Waals surface area contributed by atoms with E-state index in [0.717, 1.165) is 24.3 Å². The van der Waals surface area contributed by atoms with E-state index < -0.39 is 140 Å². The van der Waals surface area contributed by atoms with Crippen molar-refractivity contribution in [3.8, 4) is 0 Å². The number of nitro groups is 4. The molecule has 4 fully saturated rings. The van der Waals surface area contributed by atoms with Crippen LogP contribution < -0.4 is 75.1 Å². The predicted molar refractivity (Wildman–Crippen MR) is 389 cm³/mol. The van der Waals surface area contributed by atoms with Gasteiger partial charge in [0.05, 0.1) is 44.5 Å². The summed E-state index contributed by atoms with van der Waals surface area (Å²) in [6.07, 6.45) is 1.06. The van der Waals surface area contributed by atoms with Crippen LogP contribution in [-0.2, 0) is 98.9 Å². The Labute approximate surface area is 713 Å². The van der Waals surface area contributed by atoms with Gasteiger partial charge in [-0.15, -0.1) is 15.2 Å². The molecule has 3 N–H and O–H groups in total. The van der Waals surface area contributed by atoms with E-state index in [-0.39, 0.29) is 196 Å². The van der Waals surface area contributed by atoms with Gasteiger partial charge in [-0.2, -0.15) is 5.06 Å². The van der Waals surface area contributed by atoms with Crippen LogP contribution in [0.4, 0.5) is 56.9 Å². The summed E-state index contributed by atoms with van der Waals surface area (Å²) in [6, 6.07) is 15.1. The first kappa shape index (κ1) is 100. The molecule has 0 spiro atoms. The van der Waals surface area contributed by atoms with Crippen LogP contribution in [0.15, 0.2) is 93.3 Å². The number of amides is 9. The standard InChI is InChI=1S/C16H16N6O10S3.C16H18N6O9S.C16H18N6O6.C11H9N5O5.2Na/c17-20-19-9-1-2-11(22(27)28)10(7-9)15(25)18-4-6-34-33-5-3-14(24)32-21-13(23)8-12(16(21)26)35(29,30)31;17-20-19-10-5-6-11(12(8-10)22(26)27)18-7-3-1-2-4-15(24)31-21-14(23)9-13(16(21)25)32(28,29)30;17-20-19-11-5-6-12(13(10-11)22(26)27)18-9-3-1-2-4-16(25)28-21-14(23)7-8-15(21)24;12-14-13-8-1-2-9(16(19)20)7(5-8)6-21-15-10(17)3-4-11(15)18;;/h1-2,7,12H,3-6,8H2,(H,18,25)(H,29,30,31);5-6,8,13,18H,1-4,7,9H2,(H,28,29,30);5-6,10,18H,1-4,7-9H2;1-2,5H,3-4,6H2;;/q;;;;2*+1/p-2. The van der Waals surface area contributed by atoms with Crippen LogP contribution in [0.2, 0.25) is 0 Å². The van der Waals surface area contributed by atoms with E-state index >= 15 is 0 Å². The maximum absolute atomic E-state index is 12.3. The molecule has 4 saturated heterocycles. The van der Waals surface area contributed by atoms with Gasteiger partial charge in [0, 0.05) is 136 Å². The van der Waals surface area contributed by atoms with E-state index in [4.69, 9.17) is 31.8 Å². The Kier molecular flexibility index (Phi) is 42.0. The second kappa shape index (κ2) is 49.3. The number of benzene rings is 4. The molecule has 59 heteroatoms. The van der Waals surface area contributed by atoms with Crippen LogP contribution in [-0.4, -0.2) is 179 Å². The van der Waals surface area contributed by atoms with Crippen molar-refractivity contribution >= 4 is 170 Å². The number of imide groups is 4. The van der Waals surface area contributed by atoms with Gasteiger partial charge in [0.15, 0.2) is 0 Å². The number of azide groups is 4. The largest absolute Gasteiger partial charge is 1.00 e. The summed E-state index contributed by atoms with van der Waals surface area (Å²) in [5.41, 5.74) is 33.2. The molecule has 2 unspecified atom stereocenters. The van der Waals surface area contributed by atoms with Crippen molar-refractivity contribution in [1.82, 2.24) is 25.6 Å². The topological polar surface area (TPSA) is 773 Å². The number of nitrogens with one attached hydrogen (secondary N) is 3. The number of carbonyl (C=O) groups excluding carboxylic acids is 12. The number of carbonyl (C=O) groups is 12. The van der Waals surface area contributed by atoms with Gasteiger partial charge in [-0.25, -0.2) is 31.2 Å². The summed E-state index contributed by atoms with van der Waals surface area (Å²) >= 11 is 0. The van der Waals surface area contributed by atoms with Crippen molar-refractivity contribution in [2.75, 3.05) is 41.8 Å². The molecule has 8 rings (SSSR count). The first-order chi connectivity index (χ1) is 54.9. The number of rotatable bonds is 38. The average molecular weight is 1740 g/mol. The molecule has 4 heterocycles. The molecule has 4 aromatic carbocycles. The molecule has 0 aliphatic carbocycles. The zero-order chi connectivity index (χ0) is 86.0. The van der Waals surface area contributed by atoms with E-state index in [9.17, 15) is 124 Å². The Morgan fingerprint density at radius 3 is 1.22 bits per heavy atom. The van der Waals surface area contributed by atoms with E-state index in [1.807, 2.05) is 0 Å². The second-order valence-electron chi connectivity index (χ2n) is 23.1. The van der Waals surface area contributed by atoms with Crippen molar-refractivity contribution in [2.24, 2.45) is 20.5 Å². The molecular formula is C59H59N23Na2O30S4. The van der Waals surface area contributed by atoms with Crippen molar-refractivity contribution in [3.63, 3.8) is 0 Å². The fraction of sp³-hybridized carbons (Fsp3) is 0.390. The number of anilines is 2. The van der Waals surface area contributed by atoms with Crippen LogP contribution in [0, 0.1) is 40.5 Å². The second-order valence-corrected chi connectivity index (χ2v) is 28.9. The molecule has 118 heavy (non-hydrogen) atoms. The summed E-state index contributed by atoms with van der Waals surface area (Å²) in [5, 5.41) is 62.7. The van der Waals surface area contributed by atoms with Gasteiger partial charge in [0.2, 0.25) is 0 Å². The summed E-state index contributed by atoms with van der Waals surface area (Å²) < 4.78 is 65.7. The Morgan fingerprint density at radius 2 is 0.822 bits per heavy atom. The van der Waals surface area contributed by atoms with Gasteiger partial charge in [0.25, 0.3) is 75.9 Å². The molecule has 53 nitrogen and oxygen atoms in total. The first-order valence-electron chi connectivity index (χ1n) is 32.9. The Hall–Kier alpha value is -11.8. The van der Waals surface area contributed by atoms with Gasteiger partial charge < -0.3 is 39.6 Å². The number of hydrogen-bond acceptors (Lipinski definition) is 38. The number of nitro benzene ring substituents is 4. The average Bonchev–Trinajstić information content (AvgIpc) is 1.67. The third-order valence-corrected chi connectivity index (χ3v) is 19.7. The van der Waals surface area contributed by atoms with E-state index in [1.165, 1.54) is 70.1 Å². The number of hydroxylamine groups is 8. The van der Waals surface area contributed by atoms with Crippen LogP contribution in [0.25, 0.3) is 41.8 Å². The molecule has 4 aromatic rings. The monoisotopic (exact) mass is 1740 g/mol. The van der Waals surface area contributed by atoms with Crippen molar-refractivity contribution in [3.05, 3.63) is 166 Å². The Morgan fingerprint density at radius 1 is 0.458 bits per heavy atom. The third-order valence-electron chi connectivity index (χ3n) is 15.1. The van der Waals surface area contributed by atoms with Gasteiger partial charge in [-0.3, -0.25) is 88.4 Å². The molecular weight excluding hydrogens is 1690 g/mol. The number of nitrogens with zero attached hydrogens (tertiary/aromatic N) is 20. The Bertz CT molecular complexity index is 4980. The van der Waals surface area contributed by atoms with Crippen LogP contribution in [0.1, 0.15) is 112 Å². The summed E-state index contributed by atoms with van der Waals surface area (Å²) in [5.74, 6) is -9.89. The van der Waals surface area contributed by atoms with Crippen molar-refractivity contribution in [1.29, 1.82) is 0 Å². The SMILES string of the molecule is [N-]=[N+]=Nc1ccc(NCCCCCC(=O)ON2C(=O)CC(S(=O)(=O)[O-])C2=O)c([N+](=O)[O-])c1.[N-]=[N+]=Nc1ccc(NCCCCCC(=O)ON2C(=O)CCC2=O)c([N+](=O)[O-])c1.[N-]=[N+]=Nc1ccc([N+](=O)[O-])c(C(=O)NCCSSCCC(=O)ON2C(=O)CC(S(=O)(=O)[O-])C2=O)c1.[N-]=[N+]=Nc1ccc([N+](=O)[O-])c(CON2C(=O)CCC2=O)c1.[Na+].[Na+]. The quantitative estimate of drug-likeness (QED) is 0.00552. The van der Waals surface area contributed by atoms with Crippen LogP contribution in [0.5, 0.6) is 0 Å². The first-order valence-corrected chi connectivity index (χ1v) is 38.3. The smallest absolute Gasteiger partial charge is 0.747 e. The molecule has 0 saturated carbocycles. The van der Waals surface area contributed by atoms with E-state index in [2.05, 4.69) is 65.7 Å². The third kappa shape index (κ3) is 31.7. The fourth-order valence-electron chi connectivity index (χ4n) is 9.70. The Balaban J connectivity index is 0.000000410. The normalized spacial score (nSPS) is 14.6. The van der Waals surface area contributed by atoms with Crippen LogP contribution >= 0.6 is 21.6 Å². The fourth-order valence-corrected chi connectivity index (χ4v) is 13.0. The number of hydrogen-bond donors (Lipinski definition) is 3. The molecule has 0 radical (unpaired) electrons. The molecule has 0 aromatic heterocycles. The summed E-state index contributed by atoms with van der Waals surface area (Å²) in [6.45, 7) is 0.497. The molecule has 9 amide bonds. The van der Waals surface area contributed by atoms with Gasteiger partial charge >= 0.3 is 77.0 Å². The molecule has 4 aliphatic rings. The van der Waals surface area contributed by atoms with Gasteiger partial charge in [-0.1, -0.05) is 67.0 Å². The number of unbranched alkanes of at least 4 members (excludes halogenated alkanes) is 4. The molecule has 2 atom stereocenters. The predicted octanol–water partition coefficient (Wildman–Crippen LogP) is 2.05. The molecule has 616 valence electrons. The van der Waals surface area contributed by atoms with Gasteiger partial charge in [-0.05, 0) is 84.2 Å². The van der Waals surface area contributed by atoms with Crippen LogP contribution in [0.3, 0.4) is 0 Å². The maximum atomic E-state index is 12.3. The maximum Gasteiger partial charge on any atom is 1.00 e. The van der Waals surface area contributed by atoms with Crippen molar-refractivity contribution < 1.29 is 182 Å². The minimum absolute atomic E-state index is 0. The zero-order valence-corrected chi connectivity index (χ0v) is 68.5. The molecule has 0 bridgehead atoms. The van der Waals surface area contributed by atoms with Gasteiger partial charge in [0.1, 0.15) is 54.3 Å². The zero-order valence-electron chi connectivity index (χ0n) is 61.3. The summed E-state index contributed by atoms with van der Waals surface area (Å²) in [7, 11) is -7.70. The minimum atomic E-state index is -5.06. The van der Waals surface area contributed by atoms with E-state index in [1.54, 1.807) is 0 Å². The minimum Gasteiger partial charge on any atom is -0.747 e. The van der Waals surface area contributed by atoms with Crippen molar-refractivity contribution in [2.45, 2.75) is 113 Å². The summed E-state index contributed by atoms with van der Waals surface area (Å²) in [4.78, 5) is 211.